The third kappa shape index (κ3) is 2.79. The van der Waals surface area contributed by atoms with E-state index in [4.69, 9.17) is 0 Å². The van der Waals surface area contributed by atoms with E-state index in [9.17, 15) is 0 Å². The van der Waals surface area contributed by atoms with Gasteiger partial charge in [-0.1, -0.05) is 13.3 Å². The summed E-state index contributed by atoms with van der Waals surface area (Å²) in [6.07, 6.45) is 7.34. The highest BCUT2D eigenvalue weighted by Crippen LogP contribution is 2.19. The molecule has 0 radical (unpaired) electrons. The topological polar surface area (TPSA) is 24.9 Å². The lowest BCUT2D eigenvalue weighted by Crippen LogP contribution is -2.37. The van der Waals surface area contributed by atoms with Gasteiger partial charge in [0.2, 0.25) is 0 Å². The molecule has 1 aliphatic carbocycles. The van der Waals surface area contributed by atoms with Crippen LogP contribution in [0.1, 0.15) is 31.1 Å². The SMILES string of the molecule is CC(CNC1CCC1)Cc1cncs1. The van der Waals surface area contributed by atoms with Crippen molar-refractivity contribution in [2.24, 2.45) is 5.92 Å². The maximum Gasteiger partial charge on any atom is 0.0794 e. The largest absolute Gasteiger partial charge is 0.314 e. The molecular weight excluding hydrogens is 192 g/mol. The predicted molar refractivity (Wildman–Crippen MR) is 60.6 cm³/mol. The van der Waals surface area contributed by atoms with Gasteiger partial charge in [-0.3, -0.25) is 4.98 Å². The fraction of sp³-hybridized carbons (Fsp3) is 0.727. The van der Waals surface area contributed by atoms with Crippen molar-refractivity contribution < 1.29 is 0 Å². The zero-order valence-corrected chi connectivity index (χ0v) is 9.52. The van der Waals surface area contributed by atoms with Crippen molar-refractivity contribution in [1.29, 1.82) is 0 Å². The van der Waals surface area contributed by atoms with Crippen LogP contribution < -0.4 is 5.32 Å². The molecule has 1 fully saturated rings. The fourth-order valence-electron chi connectivity index (χ4n) is 1.74. The molecule has 0 spiro atoms. The van der Waals surface area contributed by atoms with Gasteiger partial charge in [0.15, 0.2) is 0 Å². The first-order valence-corrected chi connectivity index (χ1v) is 6.33. The molecule has 1 aromatic rings. The summed E-state index contributed by atoms with van der Waals surface area (Å²) in [6, 6.07) is 0.818. The molecule has 1 N–H and O–H groups in total. The molecule has 1 aliphatic rings. The summed E-state index contributed by atoms with van der Waals surface area (Å²) in [4.78, 5) is 5.51. The van der Waals surface area contributed by atoms with Gasteiger partial charge >= 0.3 is 0 Å². The molecule has 1 unspecified atom stereocenters. The number of aromatic nitrogens is 1. The standard InChI is InChI=1S/C11H18N2S/c1-9(5-11-7-12-8-14-11)6-13-10-3-2-4-10/h7-10,13H,2-6H2,1H3. The summed E-state index contributed by atoms with van der Waals surface area (Å²) in [7, 11) is 0. The van der Waals surface area contributed by atoms with Gasteiger partial charge in [-0.25, -0.2) is 0 Å². The first-order chi connectivity index (χ1) is 6.84. The van der Waals surface area contributed by atoms with E-state index in [-0.39, 0.29) is 0 Å². The number of hydrogen-bond acceptors (Lipinski definition) is 3. The van der Waals surface area contributed by atoms with Gasteiger partial charge in [0.25, 0.3) is 0 Å². The van der Waals surface area contributed by atoms with Gasteiger partial charge in [-0.15, -0.1) is 11.3 Å². The van der Waals surface area contributed by atoms with Crippen LogP contribution in [-0.4, -0.2) is 17.6 Å². The first kappa shape index (κ1) is 10.1. The molecule has 1 atom stereocenters. The number of nitrogens with zero attached hydrogens (tertiary/aromatic N) is 1. The van der Waals surface area contributed by atoms with Gasteiger partial charge in [0, 0.05) is 17.1 Å². The van der Waals surface area contributed by atoms with Crippen molar-refractivity contribution in [2.45, 2.75) is 38.6 Å². The highest BCUT2D eigenvalue weighted by atomic mass is 32.1. The molecule has 0 bridgehead atoms. The number of hydrogen-bond donors (Lipinski definition) is 1. The lowest BCUT2D eigenvalue weighted by molar-refractivity contribution is 0.321. The predicted octanol–water partition coefficient (Wildman–Crippen LogP) is 2.46. The lowest BCUT2D eigenvalue weighted by atomic mass is 9.92. The van der Waals surface area contributed by atoms with E-state index in [1.54, 1.807) is 11.3 Å². The average molecular weight is 210 g/mol. The summed E-state index contributed by atoms with van der Waals surface area (Å²) < 4.78 is 0. The van der Waals surface area contributed by atoms with Crippen LogP contribution in [0.25, 0.3) is 0 Å². The molecule has 1 aromatic heterocycles. The molecule has 14 heavy (non-hydrogen) atoms. The van der Waals surface area contributed by atoms with Crippen LogP contribution in [0.4, 0.5) is 0 Å². The van der Waals surface area contributed by atoms with Gasteiger partial charge in [-0.05, 0) is 31.7 Å². The molecule has 0 aromatic carbocycles. The van der Waals surface area contributed by atoms with Gasteiger partial charge in [0.05, 0.1) is 5.51 Å². The number of thiazole rings is 1. The van der Waals surface area contributed by atoms with Crippen molar-refractivity contribution >= 4 is 11.3 Å². The average Bonchev–Trinajstić information content (AvgIpc) is 2.54. The Kier molecular flexibility index (Phi) is 3.54. The molecule has 2 nitrogen and oxygen atoms in total. The third-order valence-electron chi connectivity index (χ3n) is 2.89. The Morgan fingerprint density at radius 1 is 1.64 bits per heavy atom. The molecular formula is C11H18N2S. The zero-order chi connectivity index (χ0) is 9.80. The second kappa shape index (κ2) is 4.89. The Morgan fingerprint density at radius 3 is 3.07 bits per heavy atom. The smallest absolute Gasteiger partial charge is 0.0794 e. The van der Waals surface area contributed by atoms with E-state index >= 15 is 0 Å². The van der Waals surface area contributed by atoms with E-state index < -0.39 is 0 Å². The van der Waals surface area contributed by atoms with Gasteiger partial charge in [0.1, 0.15) is 0 Å². The molecule has 78 valence electrons. The van der Waals surface area contributed by atoms with E-state index in [0.29, 0.717) is 0 Å². The minimum absolute atomic E-state index is 0.732. The van der Waals surface area contributed by atoms with Crippen LogP contribution in [0, 0.1) is 5.92 Å². The normalized spacial score (nSPS) is 19.2. The summed E-state index contributed by atoms with van der Waals surface area (Å²) in [5, 5.41) is 3.62. The Hall–Kier alpha value is -0.410. The van der Waals surface area contributed by atoms with Crippen molar-refractivity contribution in [2.75, 3.05) is 6.54 Å². The van der Waals surface area contributed by atoms with Crippen molar-refractivity contribution in [3.05, 3.63) is 16.6 Å². The first-order valence-electron chi connectivity index (χ1n) is 5.45. The van der Waals surface area contributed by atoms with Gasteiger partial charge < -0.3 is 5.32 Å². The summed E-state index contributed by atoms with van der Waals surface area (Å²) in [5.41, 5.74) is 1.92. The summed E-state index contributed by atoms with van der Waals surface area (Å²) in [5.74, 6) is 0.732. The molecule has 1 saturated carbocycles. The van der Waals surface area contributed by atoms with Crippen LogP contribution in [0.5, 0.6) is 0 Å². The monoisotopic (exact) mass is 210 g/mol. The minimum atomic E-state index is 0.732. The molecule has 3 heteroatoms. The lowest BCUT2D eigenvalue weighted by Gasteiger charge is -2.27. The Morgan fingerprint density at radius 2 is 2.50 bits per heavy atom. The van der Waals surface area contributed by atoms with E-state index in [1.165, 1.54) is 30.6 Å². The Labute approximate surface area is 89.8 Å². The van der Waals surface area contributed by atoms with Crippen LogP contribution in [0.2, 0.25) is 0 Å². The molecule has 0 aliphatic heterocycles. The molecule has 0 amide bonds. The highest BCUT2D eigenvalue weighted by Gasteiger charge is 2.17. The van der Waals surface area contributed by atoms with Crippen molar-refractivity contribution in [3.63, 3.8) is 0 Å². The minimum Gasteiger partial charge on any atom is -0.314 e. The maximum absolute atomic E-state index is 4.10. The van der Waals surface area contributed by atoms with E-state index in [0.717, 1.165) is 18.5 Å². The molecule has 1 heterocycles. The fourth-order valence-corrected chi connectivity index (χ4v) is 2.50. The zero-order valence-electron chi connectivity index (χ0n) is 8.70. The van der Waals surface area contributed by atoms with Crippen LogP contribution in [0.3, 0.4) is 0 Å². The second-order valence-corrected chi connectivity index (χ2v) is 5.28. The summed E-state index contributed by atoms with van der Waals surface area (Å²) >= 11 is 1.77. The summed E-state index contributed by atoms with van der Waals surface area (Å²) in [6.45, 7) is 3.47. The quantitative estimate of drug-likeness (QED) is 0.807. The van der Waals surface area contributed by atoms with Crippen molar-refractivity contribution in [3.8, 4) is 0 Å². The third-order valence-corrected chi connectivity index (χ3v) is 3.70. The Balaban J connectivity index is 1.65. The van der Waals surface area contributed by atoms with Gasteiger partial charge in [-0.2, -0.15) is 0 Å². The van der Waals surface area contributed by atoms with Crippen LogP contribution in [-0.2, 0) is 6.42 Å². The molecule has 2 rings (SSSR count). The number of nitrogens with one attached hydrogen (secondary N) is 1. The number of rotatable bonds is 5. The molecule has 0 saturated heterocycles. The van der Waals surface area contributed by atoms with Crippen molar-refractivity contribution in [1.82, 2.24) is 10.3 Å². The van der Waals surface area contributed by atoms with E-state index in [1.807, 2.05) is 11.7 Å². The Bertz CT molecular complexity index is 254. The van der Waals surface area contributed by atoms with E-state index in [2.05, 4.69) is 17.2 Å². The second-order valence-electron chi connectivity index (χ2n) is 4.31. The maximum atomic E-state index is 4.10. The highest BCUT2D eigenvalue weighted by molar-refractivity contribution is 7.09. The van der Waals surface area contributed by atoms with Crippen LogP contribution >= 0.6 is 11.3 Å². The van der Waals surface area contributed by atoms with Crippen LogP contribution in [0.15, 0.2) is 11.7 Å².